The Bertz CT molecular complexity index is 1200. The molecule has 3 nitrogen and oxygen atoms in total. The number of nitrogens with zero attached hydrogens (tertiary/aromatic N) is 1. The van der Waals surface area contributed by atoms with Crippen LogP contribution in [-0.2, 0) is 9.31 Å². The van der Waals surface area contributed by atoms with Crippen molar-refractivity contribution in [2.45, 2.75) is 38.9 Å². The molecule has 0 N–H and O–H groups in total. The zero-order valence-corrected chi connectivity index (χ0v) is 19.6. The number of hydrogen-bond acceptors (Lipinski definition) is 3. The first-order chi connectivity index (χ1) is 15.8. The molecule has 0 amide bonds. The third-order valence-electron chi connectivity index (χ3n) is 6.71. The maximum Gasteiger partial charge on any atom is 0.494 e. The minimum atomic E-state index is -0.390. The van der Waals surface area contributed by atoms with Crippen LogP contribution in [0.3, 0.4) is 0 Å². The van der Waals surface area contributed by atoms with Crippen LogP contribution in [0.4, 0.5) is 0 Å². The molecule has 1 aliphatic heterocycles. The highest BCUT2D eigenvalue weighted by molar-refractivity contribution is 6.62. The topological polar surface area (TPSA) is 31.4 Å². The van der Waals surface area contributed by atoms with E-state index in [0.717, 1.165) is 39.1 Å². The summed E-state index contributed by atoms with van der Waals surface area (Å²) >= 11 is 0. The maximum absolute atomic E-state index is 6.29. The van der Waals surface area contributed by atoms with Crippen molar-refractivity contribution in [1.29, 1.82) is 0 Å². The lowest BCUT2D eigenvalue weighted by Gasteiger charge is -2.32. The predicted molar refractivity (Wildman–Crippen MR) is 136 cm³/mol. The zero-order chi connectivity index (χ0) is 23.1. The average molecular weight is 433 g/mol. The van der Waals surface area contributed by atoms with Crippen molar-refractivity contribution < 1.29 is 9.31 Å². The molecule has 1 aliphatic rings. The third kappa shape index (κ3) is 4.24. The average Bonchev–Trinajstić information content (AvgIpc) is 3.07. The van der Waals surface area contributed by atoms with Gasteiger partial charge in [0, 0.05) is 11.1 Å². The lowest BCUT2D eigenvalue weighted by molar-refractivity contribution is 0.00578. The van der Waals surface area contributed by atoms with Crippen LogP contribution in [0.15, 0.2) is 97.1 Å². The van der Waals surface area contributed by atoms with Crippen molar-refractivity contribution in [3.05, 3.63) is 97.1 Å². The largest absolute Gasteiger partial charge is 0.494 e. The van der Waals surface area contributed by atoms with Gasteiger partial charge < -0.3 is 9.31 Å². The van der Waals surface area contributed by atoms with Crippen LogP contribution in [0, 0.1) is 0 Å². The fraction of sp³-hybridized carbons (Fsp3) is 0.207. The minimum absolute atomic E-state index is 0.370. The molecular formula is C29H28BNO2. The molecule has 0 unspecified atom stereocenters. The Morgan fingerprint density at radius 2 is 1.03 bits per heavy atom. The van der Waals surface area contributed by atoms with Gasteiger partial charge in [0.1, 0.15) is 0 Å². The van der Waals surface area contributed by atoms with Gasteiger partial charge >= 0.3 is 7.12 Å². The number of pyridine rings is 1. The molecule has 4 aromatic rings. The number of hydrogen-bond donors (Lipinski definition) is 0. The molecule has 2 heterocycles. The van der Waals surface area contributed by atoms with E-state index in [0.29, 0.717) is 0 Å². The Hall–Kier alpha value is -3.21. The number of aromatic nitrogens is 1. The molecule has 1 saturated heterocycles. The molecule has 0 saturated carbocycles. The van der Waals surface area contributed by atoms with Crippen LogP contribution in [0.2, 0.25) is 0 Å². The van der Waals surface area contributed by atoms with E-state index in [1.807, 2.05) is 36.4 Å². The van der Waals surface area contributed by atoms with Gasteiger partial charge in [0.25, 0.3) is 0 Å². The highest BCUT2D eigenvalue weighted by Gasteiger charge is 2.51. The molecule has 0 atom stereocenters. The van der Waals surface area contributed by atoms with Gasteiger partial charge in [-0.1, -0.05) is 84.9 Å². The maximum atomic E-state index is 6.29. The van der Waals surface area contributed by atoms with Crippen molar-refractivity contribution in [2.75, 3.05) is 0 Å². The van der Waals surface area contributed by atoms with Crippen LogP contribution >= 0.6 is 0 Å². The van der Waals surface area contributed by atoms with Gasteiger partial charge in [-0.25, -0.2) is 4.98 Å². The van der Waals surface area contributed by atoms with E-state index in [-0.39, 0.29) is 18.3 Å². The van der Waals surface area contributed by atoms with Gasteiger partial charge in [-0.05, 0) is 56.4 Å². The van der Waals surface area contributed by atoms with E-state index in [9.17, 15) is 0 Å². The number of rotatable bonds is 4. The fourth-order valence-corrected chi connectivity index (χ4v) is 4.05. The molecule has 3 aromatic carbocycles. The smallest absolute Gasteiger partial charge is 0.399 e. The summed E-state index contributed by atoms with van der Waals surface area (Å²) in [7, 11) is -0.390. The van der Waals surface area contributed by atoms with Crippen molar-refractivity contribution >= 4 is 12.6 Å². The lowest BCUT2D eigenvalue weighted by Crippen LogP contribution is -2.41. The van der Waals surface area contributed by atoms with Crippen molar-refractivity contribution in [1.82, 2.24) is 4.98 Å². The molecule has 0 spiro atoms. The van der Waals surface area contributed by atoms with Gasteiger partial charge in [0.15, 0.2) is 0 Å². The van der Waals surface area contributed by atoms with Gasteiger partial charge in [0.2, 0.25) is 0 Å². The van der Waals surface area contributed by atoms with Crippen LogP contribution in [0.25, 0.3) is 33.6 Å². The highest BCUT2D eigenvalue weighted by atomic mass is 16.7. The Labute approximate surface area is 196 Å². The summed E-state index contributed by atoms with van der Waals surface area (Å²) in [5.74, 6) is 0. The molecule has 33 heavy (non-hydrogen) atoms. The minimum Gasteiger partial charge on any atom is -0.399 e. The van der Waals surface area contributed by atoms with Crippen LogP contribution in [0.1, 0.15) is 27.7 Å². The van der Waals surface area contributed by atoms with Crippen LogP contribution < -0.4 is 5.46 Å². The van der Waals surface area contributed by atoms with Crippen molar-refractivity contribution in [3.8, 4) is 33.6 Å². The first-order valence-electron chi connectivity index (χ1n) is 11.4. The summed E-state index contributed by atoms with van der Waals surface area (Å²) in [5, 5.41) is 0. The second-order valence-electron chi connectivity index (χ2n) is 9.57. The first-order valence-corrected chi connectivity index (χ1v) is 11.4. The SMILES string of the molecule is CC1(C)OB(c2cccc(-c3cc(-c4ccccc4)nc(-c4ccccc4)c3)c2)OC1(C)C. The van der Waals surface area contributed by atoms with E-state index >= 15 is 0 Å². The molecule has 4 heteroatoms. The number of benzene rings is 3. The molecule has 5 rings (SSSR count). The Morgan fingerprint density at radius 3 is 1.55 bits per heavy atom. The molecule has 0 bridgehead atoms. The summed E-state index contributed by atoms with van der Waals surface area (Å²) in [4.78, 5) is 4.99. The van der Waals surface area contributed by atoms with E-state index in [2.05, 4.69) is 88.4 Å². The van der Waals surface area contributed by atoms with Gasteiger partial charge in [-0.3, -0.25) is 0 Å². The van der Waals surface area contributed by atoms with E-state index in [1.54, 1.807) is 0 Å². The van der Waals surface area contributed by atoms with E-state index in [4.69, 9.17) is 14.3 Å². The third-order valence-corrected chi connectivity index (χ3v) is 6.71. The Kier molecular flexibility index (Phi) is 5.44. The standard InChI is InChI=1S/C29H28BNO2/c1-28(2)29(3,4)33-30(32-28)25-17-11-16-23(18-25)24-19-26(21-12-7-5-8-13-21)31-27(20-24)22-14-9-6-10-15-22/h5-20H,1-4H3. The summed E-state index contributed by atoms with van der Waals surface area (Å²) in [5.41, 5.74) is 6.60. The normalized spacial score (nSPS) is 16.7. The van der Waals surface area contributed by atoms with Crippen LogP contribution in [0.5, 0.6) is 0 Å². The van der Waals surface area contributed by atoms with Gasteiger partial charge in [0.05, 0.1) is 22.6 Å². The molecule has 0 aliphatic carbocycles. The van der Waals surface area contributed by atoms with Crippen molar-refractivity contribution in [2.24, 2.45) is 0 Å². The second-order valence-corrected chi connectivity index (χ2v) is 9.57. The van der Waals surface area contributed by atoms with Crippen LogP contribution in [-0.4, -0.2) is 23.3 Å². The molecule has 164 valence electrons. The van der Waals surface area contributed by atoms with E-state index < -0.39 is 0 Å². The van der Waals surface area contributed by atoms with Gasteiger partial charge in [-0.15, -0.1) is 0 Å². The van der Waals surface area contributed by atoms with Gasteiger partial charge in [-0.2, -0.15) is 0 Å². The molecule has 1 aromatic heterocycles. The Balaban J connectivity index is 1.59. The first kappa shape index (κ1) is 21.6. The molecular weight excluding hydrogens is 405 g/mol. The second kappa shape index (κ2) is 8.29. The molecule has 0 radical (unpaired) electrons. The monoisotopic (exact) mass is 433 g/mol. The predicted octanol–water partition coefficient (Wildman–Crippen LogP) is 6.38. The summed E-state index contributed by atoms with van der Waals surface area (Å²) in [6.07, 6.45) is 0. The summed E-state index contributed by atoms with van der Waals surface area (Å²) in [6.45, 7) is 8.33. The zero-order valence-electron chi connectivity index (χ0n) is 19.6. The lowest BCUT2D eigenvalue weighted by atomic mass is 9.78. The summed E-state index contributed by atoms with van der Waals surface area (Å²) < 4.78 is 12.6. The summed E-state index contributed by atoms with van der Waals surface area (Å²) in [6, 6.07) is 33.4. The quantitative estimate of drug-likeness (QED) is 0.350. The Morgan fingerprint density at radius 1 is 0.545 bits per heavy atom. The van der Waals surface area contributed by atoms with E-state index in [1.165, 1.54) is 0 Å². The fourth-order valence-electron chi connectivity index (χ4n) is 4.05. The van der Waals surface area contributed by atoms with Crippen molar-refractivity contribution in [3.63, 3.8) is 0 Å². The highest BCUT2D eigenvalue weighted by Crippen LogP contribution is 2.37. The molecule has 1 fully saturated rings.